The molecular weight excluding hydrogens is 624 g/mol. The van der Waals surface area contributed by atoms with Crippen LogP contribution in [-0.4, -0.2) is 154 Å². The Kier molecular flexibility index (Phi) is 52.6. The molecule has 0 amide bonds. The number of hydrogen-bond donors (Lipinski definition) is 3. The molecule has 292 valence electrons. The third-order valence-electron chi connectivity index (χ3n) is 6.95. The van der Waals surface area contributed by atoms with E-state index in [2.05, 4.69) is 6.92 Å². The SMILES string of the molecule is CCCCCCCCCCCCCCCCOCCOCCOCCOCCOCCO.OCCOCCOCCOCCOCCO. The number of hydrogen-bond acceptors (Lipinski definition) is 12. The first kappa shape index (κ1) is 49.6. The fourth-order valence-corrected chi connectivity index (χ4v) is 4.34. The molecule has 0 aliphatic rings. The second kappa shape index (κ2) is 50.9. The van der Waals surface area contributed by atoms with Gasteiger partial charge in [-0.3, -0.25) is 0 Å². The third-order valence-corrected chi connectivity index (χ3v) is 6.95. The van der Waals surface area contributed by atoms with Gasteiger partial charge in [-0.15, -0.1) is 0 Å². The van der Waals surface area contributed by atoms with Crippen LogP contribution >= 0.6 is 0 Å². The van der Waals surface area contributed by atoms with Crippen LogP contribution in [-0.2, 0) is 42.6 Å². The predicted molar refractivity (Wildman–Crippen MR) is 189 cm³/mol. The highest BCUT2D eigenvalue weighted by Gasteiger charge is 1.96. The lowest BCUT2D eigenvalue weighted by Gasteiger charge is -2.08. The quantitative estimate of drug-likeness (QED) is 0.0767. The van der Waals surface area contributed by atoms with Crippen molar-refractivity contribution in [3.05, 3.63) is 0 Å². The van der Waals surface area contributed by atoms with Gasteiger partial charge in [0.05, 0.1) is 132 Å². The lowest BCUT2D eigenvalue weighted by Crippen LogP contribution is -2.13. The lowest BCUT2D eigenvalue weighted by molar-refractivity contribution is -0.0134. The van der Waals surface area contributed by atoms with Gasteiger partial charge in [-0.05, 0) is 6.42 Å². The normalized spacial score (nSPS) is 11.2. The van der Waals surface area contributed by atoms with Gasteiger partial charge in [0.15, 0.2) is 0 Å². The summed E-state index contributed by atoms with van der Waals surface area (Å²) in [6.07, 6.45) is 19.4. The van der Waals surface area contributed by atoms with Crippen molar-refractivity contribution in [3.63, 3.8) is 0 Å². The van der Waals surface area contributed by atoms with Crippen molar-refractivity contribution in [3.8, 4) is 0 Å². The van der Waals surface area contributed by atoms with E-state index in [1.165, 1.54) is 83.5 Å². The number of aliphatic hydroxyl groups is 3. The Bertz CT molecular complexity index is 475. The minimum Gasteiger partial charge on any atom is -0.394 e. The molecule has 0 aliphatic carbocycles. The van der Waals surface area contributed by atoms with Gasteiger partial charge >= 0.3 is 0 Å². The summed E-state index contributed by atoms with van der Waals surface area (Å²) in [6, 6.07) is 0. The molecule has 0 bridgehead atoms. The van der Waals surface area contributed by atoms with E-state index < -0.39 is 0 Å². The van der Waals surface area contributed by atoms with E-state index in [0.717, 1.165) is 13.0 Å². The van der Waals surface area contributed by atoms with E-state index in [1.807, 2.05) is 0 Å². The summed E-state index contributed by atoms with van der Waals surface area (Å²) >= 11 is 0. The van der Waals surface area contributed by atoms with Crippen LogP contribution in [0.15, 0.2) is 0 Å². The number of rotatable bonds is 42. The molecule has 0 heterocycles. The smallest absolute Gasteiger partial charge is 0.0701 e. The van der Waals surface area contributed by atoms with Crippen LogP contribution in [0.3, 0.4) is 0 Å². The Balaban J connectivity index is 0. The summed E-state index contributed by atoms with van der Waals surface area (Å²) in [6.45, 7) is 11.9. The standard InChI is InChI=1S/C26H54O6.C10H22O6/c1-2-3-4-5-6-7-8-9-10-11-12-13-14-15-17-28-19-21-30-23-25-32-26-24-31-22-20-29-18-16-27;11-1-3-13-5-7-15-9-10-16-8-6-14-4-2-12/h27H,2-26H2,1H3;11-12H,1-10H2. The number of aliphatic hydroxyl groups excluding tert-OH is 3. The van der Waals surface area contributed by atoms with Gasteiger partial charge in [0, 0.05) is 6.61 Å². The summed E-state index contributed by atoms with van der Waals surface area (Å²) in [5.74, 6) is 0. The molecule has 0 unspecified atom stereocenters. The van der Waals surface area contributed by atoms with Crippen molar-refractivity contribution in [1.82, 2.24) is 0 Å². The van der Waals surface area contributed by atoms with Crippen LogP contribution in [0.1, 0.15) is 96.8 Å². The van der Waals surface area contributed by atoms with Crippen LogP contribution < -0.4 is 0 Å². The highest BCUT2D eigenvalue weighted by molar-refractivity contribution is 4.49. The average molecular weight is 701 g/mol. The molecule has 12 nitrogen and oxygen atoms in total. The zero-order valence-electron chi connectivity index (χ0n) is 30.8. The largest absolute Gasteiger partial charge is 0.394 e. The number of ether oxygens (including phenoxy) is 9. The molecule has 0 atom stereocenters. The van der Waals surface area contributed by atoms with Crippen molar-refractivity contribution in [2.24, 2.45) is 0 Å². The molecular formula is C36H76O12. The van der Waals surface area contributed by atoms with Crippen LogP contribution in [0.5, 0.6) is 0 Å². The minimum atomic E-state index is 0.0386. The zero-order chi connectivity index (χ0) is 35.1. The monoisotopic (exact) mass is 701 g/mol. The van der Waals surface area contributed by atoms with Crippen molar-refractivity contribution < 1.29 is 58.0 Å². The van der Waals surface area contributed by atoms with Gasteiger partial charge in [-0.2, -0.15) is 0 Å². The first-order chi connectivity index (χ1) is 23.8. The topological polar surface area (TPSA) is 144 Å². The van der Waals surface area contributed by atoms with E-state index in [0.29, 0.717) is 112 Å². The average Bonchev–Trinajstić information content (AvgIpc) is 3.10. The molecule has 0 aromatic carbocycles. The molecule has 3 N–H and O–H groups in total. The van der Waals surface area contributed by atoms with E-state index in [9.17, 15) is 0 Å². The molecule has 0 aromatic rings. The maximum absolute atomic E-state index is 8.56. The Morgan fingerprint density at radius 1 is 0.229 bits per heavy atom. The van der Waals surface area contributed by atoms with E-state index in [-0.39, 0.29) is 19.8 Å². The van der Waals surface area contributed by atoms with Crippen molar-refractivity contribution >= 4 is 0 Å². The summed E-state index contributed by atoms with van der Waals surface area (Å²) in [5.41, 5.74) is 0. The Hall–Kier alpha value is -0.480. The van der Waals surface area contributed by atoms with Gasteiger partial charge in [0.1, 0.15) is 0 Å². The van der Waals surface area contributed by atoms with Crippen LogP contribution in [0.2, 0.25) is 0 Å². The Morgan fingerprint density at radius 2 is 0.417 bits per heavy atom. The fraction of sp³-hybridized carbons (Fsp3) is 1.00. The maximum Gasteiger partial charge on any atom is 0.0701 e. The first-order valence-electron chi connectivity index (χ1n) is 18.9. The molecule has 0 saturated heterocycles. The third kappa shape index (κ3) is 52.3. The Labute approximate surface area is 293 Å². The van der Waals surface area contributed by atoms with Gasteiger partial charge in [-0.25, -0.2) is 0 Å². The van der Waals surface area contributed by atoms with Gasteiger partial charge < -0.3 is 58.0 Å². The van der Waals surface area contributed by atoms with Crippen LogP contribution in [0.4, 0.5) is 0 Å². The molecule has 0 spiro atoms. The van der Waals surface area contributed by atoms with Gasteiger partial charge in [0.25, 0.3) is 0 Å². The summed E-state index contributed by atoms with van der Waals surface area (Å²) in [7, 11) is 0. The highest BCUT2D eigenvalue weighted by atomic mass is 16.6. The molecule has 0 saturated carbocycles. The van der Waals surface area contributed by atoms with Crippen LogP contribution in [0.25, 0.3) is 0 Å². The lowest BCUT2D eigenvalue weighted by atomic mass is 10.0. The molecule has 0 aliphatic heterocycles. The summed E-state index contributed by atoms with van der Waals surface area (Å²) in [5, 5.41) is 25.4. The molecule has 0 radical (unpaired) electrons. The maximum atomic E-state index is 8.56. The van der Waals surface area contributed by atoms with Crippen LogP contribution in [0, 0.1) is 0 Å². The van der Waals surface area contributed by atoms with Gasteiger partial charge in [-0.1, -0.05) is 90.4 Å². The second-order valence-corrected chi connectivity index (χ2v) is 11.3. The van der Waals surface area contributed by atoms with Crippen molar-refractivity contribution in [2.75, 3.05) is 139 Å². The first-order valence-corrected chi connectivity index (χ1v) is 18.9. The predicted octanol–water partition coefficient (Wildman–Crippen LogP) is 4.58. The molecule has 48 heavy (non-hydrogen) atoms. The van der Waals surface area contributed by atoms with Gasteiger partial charge in [0.2, 0.25) is 0 Å². The summed E-state index contributed by atoms with van der Waals surface area (Å²) in [4.78, 5) is 0. The fourth-order valence-electron chi connectivity index (χ4n) is 4.34. The molecule has 0 aromatic heterocycles. The molecule has 12 heteroatoms. The van der Waals surface area contributed by atoms with E-state index in [1.54, 1.807) is 0 Å². The second-order valence-electron chi connectivity index (χ2n) is 11.3. The van der Waals surface area contributed by atoms with E-state index >= 15 is 0 Å². The van der Waals surface area contributed by atoms with Crippen molar-refractivity contribution in [1.29, 1.82) is 0 Å². The molecule has 0 rings (SSSR count). The molecule has 0 fully saturated rings. The van der Waals surface area contributed by atoms with E-state index in [4.69, 9.17) is 58.0 Å². The Morgan fingerprint density at radius 3 is 0.646 bits per heavy atom. The summed E-state index contributed by atoms with van der Waals surface area (Å²) < 4.78 is 47.4. The highest BCUT2D eigenvalue weighted by Crippen LogP contribution is 2.12. The zero-order valence-corrected chi connectivity index (χ0v) is 30.8. The minimum absolute atomic E-state index is 0.0386. The number of unbranched alkanes of at least 4 members (excludes halogenated alkanes) is 13. The van der Waals surface area contributed by atoms with Crippen molar-refractivity contribution in [2.45, 2.75) is 96.8 Å².